The van der Waals surface area contributed by atoms with Crippen LogP contribution in [0.2, 0.25) is 0 Å². The lowest BCUT2D eigenvalue weighted by Crippen LogP contribution is -2.33. The molecule has 1 amide bonds. The summed E-state index contributed by atoms with van der Waals surface area (Å²) in [5.41, 5.74) is 1.66. The predicted molar refractivity (Wildman–Crippen MR) is 111 cm³/mol. The quantitative estimate of drug-likeness (QED) is 0.732. The summed E-state index contributed by atoms with van der Waals surface area (Å²) >= 11 is 0. The van der Waals surface area contributed by atoms with Gasteiger partial charge in [0.1, 0.15) is 23.0 Å². The van der Waals surface area contributed by atoms with Crippen LogP contribution < -0.4 is 24.3 Å². The molecule has 1 aliphatic rings. The number of ether oxygens (including phenoxy) is 4. The molecule has 1 saturated heterocycles. The molecule has 0 spiro atoms. The van der Waals surface area contributed by atoms with E-state index in [0.29, 0.717) is 17.2 Å². The monoisotopic (exact) mass is 400 g/mol. The maximum atomic E-state index is 12.7. The minimum atomic E-state index is -0.0952. The molecule has 0 aliphatic carbocycles. The molecule has 0 unspecified atom stereocenters. The van der Waals surface area contributed by atoms with E-state index in [0.717, 1.165) is 36.4 Å². The van der Waals surface area contributed by atoms with E-state index < -0.39 is 0 Å². The Morgan fingerprint density at radius 3 is 2.34 bits per heavy atom. The van der Waals surface area contributed by atoms with Gasteiger partial charge in [-0.05, 0) is 49.7 Å². The first kappa shape index (κ1) is 20.8. The standard InChI is InChI=1S/C22H28N2O5/c1-26-15-8-10-20(28-3)17(12-15)19-6-5-11-24(19)14-22(25)23-18-9-7-16(27-2)13-21(18)29-4/h7-10,12-13,19H,5-6,11,14H2,1-4H3,(H,23,25)/t19-/m1/s1. The van der Waals surface area contributed by atoms with Gasteiger partial charge in [-0.15, -0.1) is 0 Å². The molecule has 1 aliphatic heterocycles. The van der Waals surface area contributed by atoms with Crippen LogP contribution in [0.25, 0.3) is 0 Å². The molecule has 2 aromatic rings. The van der Waals surface area contributed by atoms with Crippen LogP contribution >= 0.6 is 0 Å². The van der Waals surface area contributed by atoms with Gasteiger partial charge in [-0.3, -0.25) is 9.69 Å². The Morgan fingerprint density at radius 2 is 1.66 bits per heavy atom. The van der Waals surface area contributed by atoms with Crippen molar-refractivity contribution in [1.82, 2.24) is 4.90 Å². The van der Waals surface area contributed by atoms with Crippen molar-refractivity contribution in [3.8, 4) is 23.0 Å². The molecule has 2 aromatic carbocycles. The highest BCUT2D eigenvalue weighted by atomic mass is 16.5. The average molecular weight is 400 g/mol. The van der Waals surface area contributed by atoms with Crippen molar-refractivity contribution in [3.05, 3.63) is 42.0 Å². The smallest absolute Gasteiger partial charge is 0.238 e. The zero-order valence-electron chi connectivity index (χ0n) is 17.4. The van der Waals surface area contributed by atoms with Crippen molar-refractivity contribution in [2.24, 2.45) is 0 Å². The van der Waals surface area contributed by atoms with Gasteiger partial charge in [-0.25, -0.2) is 0 Å². The van der Waals surface area contributed by atoms with Gasteiger partial charge in [-0.1, -0.05) is 0 Å². The summed E-state index contributed by atoms with van der Waals surface area (Å²) in [5, 5.41) is 2.95. The molecule has 1 heterocycles. The molecular weight excluding hydrogens is 372 g/mol. The van der Waals surface area contributed by atoms with Crippen molar-refractivity contribution in [2.75, 3.05) is 46.8 Å². The number of rotatable bonds is 8. The van der Waals surface area contributed by atoms with Crippen LogP contribution in [-0.2, 0) is 4.79 Å². The van der Waals surface area contributed by atoms with Gasteiger partial charge in [-0.2, -0.15) is 0 Å². The fraction of sp³-hybridized carbons (Fsp3) is 0.409. The normalized spacial score (nSPS) is 16.3. The lowest BCUT2D eigenvalue weighted by Gasteiger charge is -2.26. The third-order valence-electron chi connectivity index (χ3n) is 5.19. The van der Waals surface area contributed by atoms with E-state index in [9.17, 15) is 4.79 Å². The van der Waals surface area contributed by atoms with E-state index in [1.54, 1.807) is 46.6 Å². The third kappa shape index (κ3) is 4.74. The van der Waals surface area contributed by atoms with Crippen molar-refractivity contribution in [2.45, 2.75) is 18.9 Å². The summed E-state index contributed by atoms with van der Waals surface area (Å²) in [6, 6.07) is 11.2. The SMILES string of the molecule is COc1ccc(NC(=O)CN2CCC[C@@H]2c2cc(OC)ccc2OC)c(OC)c1. The molecule has 29 heavy (non-hydrogen) atoms. The molecule has 0 aromatic heterocycles. The van der Waals surface area contributed by atoms with Gasteiger partial charge >= 0.3 is 0 Å². The number of hydrogen-bond donors (Lipinski definition) is 1. The molecule has 0 radical (unpaired) electrons. The largest absolute Gasteiger partial charge is 0.497 e. The van der Waals surface area contributed by atoms with E-state index in [-0.39, 0.29) is 18.5 Å². The van der Waals surface area contributed by atoms with E-state index in [1.807, 2.05) is 18.2 Å². The highest BCUT2D eigenvalue weighted by Crippen LogP contribution is 2.39. The van der Waals surface area contributed by atoms with E-state index in [4.69, 9.17) is 18.9 Å². The van der Waals surface area contributed by atoms with Crippen molar-refractivity contribution in [3.63, 3.8) is 0 Å². The van der Waals surface area contributed by atoms with Crippen LogP contribution in [-0.4, -0.2) is 52.3 Å². The van der Waals surface area contributed by atoms with Crippen molar-refractivity contribution >= 4 is 11.6 Å². The summed E-state index contributed by atoms with van der Waals surface area (Å²) in [5.74, 6) is 2.72. The summed E-state index contributed by atoms with van der Waals surface area (Å²) in [7, 11) is 6.46. The van der Waals surface area contributed by atoms with Gasteiger partial charge < -0.3 is 24.3 Å². The van der Waals surface area contributed by atoms with Crippen LogP contribution in [0.4, 0.5) is 5.69 Å². The topological polar surface area (TPSA) is 69.3 Å². The number of carbonyl (C=O) groups is 1. The lowest BCUT2D eigenvalue weighted by molar-refractivity contribution is -0.117. The van der Waals surface area contributed by atoms with Gasteiger partial charge in [0.25, 0.3) is 0 Å². The Balaban J connectivity index is 1.74. The first-order chi connectivity index (χ1) is 14.1. The Bertz CT molecular complexity index is 855. The molecule has 7 nitrogen and oxygen atoms in total. The predicted octanol–water partition coefficient (Wildman–Crippen LogP) is 3.50. The van der Waals surface area contributed by atoms with E-state index in [2.05, 4.69) is 10.2 Å². The number of methoxy groups -OCH3 is 4. The Labute approximate surface area is 171 Å². The highest BCUT2D eigenvalue weighted by molar-refractivity contribution is 5.93. The van der Waals surface area contributed by atoms with Crippen molar-refractivity contribution < 1.29 is 23.7 Å². The highest BCUT2D eigenvalue weighted by Gasteiger charge is 2.30. The minimum absolute atomic E-state index is 0.0952. The summed E-state index contributed by atoms with van der Waals surface area (Å²) in [4.78, 5) is 14.9. The number of nitrogens with one attached hydrogen (secondary N) is 1. The number of carbonyl (C=O) groups excluding carboxylic acids is 1. The Kier molecular flexibility index (Phi) is 6.82. The summed E-state index contributed by atoms with van der Waals surface area (Å²) in [6.07, 6.45) is 1.98. The first-order valence-electron chi connectivity index (χ1n) is 9.57. The number of hydrogen-bond acceptors (Lipinski definition) is 6. The Morgan fingerprint density at radius 1 is 0.966 bits per heavy atom. The zero-order valence-corrected chi connectivity index (χ0v) is 17.4. The fourth-order valence-corrected chi connectivity index (χ4v) is 3.74. The van der Waals surface area contributed by atoms with Crippen LogP contribution in [0.5, 0.6) is 23.0 Å². The second kappa shape index (κ2) is 9.52. The zero-order chi connectivity index (χ0) is 20.8. The molecular formula is C22H28N2O5. The van der Waals surface area contributed by atoms with Gasteiger partial charge in [0, 0.05) is 17.7 Å². The van der Waals surface area contributed by atoms with Gasteiger partial charge in [0.15, 0.2) is 0 Å². The van der Waals surface area contributed by atoms with E-state index >= 15 is 0 Å². The minimum Gasteiger partial charge on any atom is -0.497 e. The average Bonchev–Trinajstić information content (AvgIpc) is 3.21. The number of anilines is 1. The fourth-order valence-electron chi connectivity index (χ4n) is 3.74. The lowest BCUT2D eigenvalue weighted by atomic mass is 10.0. The van der Waals surface area contributed by atoms with Crippen LogP contribution in [0.15, 0.2) is 36.4 Å². The molecule has 0 saturated carbocycles. The number of benzene rings is 2. The number of amides is 1. The number of nitrogens with zero attached hydrogens (tertiary/aromatic N) is 1. The maximum Gasteiger partial charge on any atom is 0.238 e. The molecule has 7 heteroatoms. The third-order valence-corrected chi connectivity index (χ3v) is 5.19. The number of likely N-dealkylation sites (tertiary alicyclic amines) is 1. The first-order valence-corrected chi connectivity index (χ1v) is 9.57. The molecule has 156 valence electrons. The van der Waals surface area contributed by atoms with E-state index in [1.165, 1.54) is 0 Å². The maximum absolute atomic E-state index is 12.7. The van der Waals surface area contributed by atoms with Crippen molar-refractivity contribution in [1.29, 1.82) is 0 Å². The molecule has 3 rings (SSSR count). The second-order valence-electron chi connectivity index (χ2n) is 6.85. The van der Waals surface area contributed by atoms with Gasteiger partial charge in [0.05, 0.1) is 40.7 Å². The van der Waals surface area contributed by atoms with Crippen LogP contribution in [0, 0.1) is 0 Å². The Hall–Kier alpha value is -2.93. The summed E-state index contributed by atoms with van der Waals surface area (Å²) in [6.45, 7) is 1.12. The van der Waals surface area contributed by atoms with Gasteiger partial charge in [0.2, 0.25) is 5.91 Å². The summed E-state index contributed by atoms with van der Waals surface area (Å²) < 4.78 is 21.5. The van der Waals surface area contributed by atoms with Crippen LogP contribution in [0.3, 0.4) is 0 Å². The second-order valence-corrected chi connectivity index (χ2v) is 6.85. The molecule has 0 bridgehead atoms. The molecule has 1 fully saturated rings. The van der Waals surface area contributed by atoms with Crippen LogP contribution in [0.1, 0.15) is 24.4 Å². The molecule has 1 atom stereocenters. The molecule has 1 N–H and O–H groups in total.